The van der Waals surface area contributed by atoms with E-state index in [4.69, 9.17) is 4.74 Å². The summed E-state index contributed by atoms with van der Waals surface area (Å²) in [6.07, 6.45) is 1.71. The van der Waals surface area contributed by atoms with Gasteiger partial charge in [-0.25, -0.2) is 9.07 Å². The van der Waals surface area contributed by atoms with Crippen molar-refractivity contribution >= 4 is 5.91 Å². The Balaban J connectivity index is 1.62. The summed E-state index contributed by atoms with van der Waals surface area (Å²) in [5.41, 5.74) is 3.67. The molecule has 6 heteroatoms. The topological polar surface area (TPSA) is 56.1 Å². The van der Waals surface area contributed by atoms with Crippen LogP contribution in [0.4, 0.5) is 4.39 Å². The second kappa shape index (κ2) is 8.03. The molecule has 3 rings (SSSR count). The fraction of sp³-hybridized carbons (Fsp3) is 0.238. The molecule has 3 aromatic rings. The average molecular weight is 367 g/mol. The van der Waals surface area contributed by atoms with Crippen molar-refractivity contribution in [2.75, 3.05) is 6.61 Å². The summed E-state index contributed by atoms with van der Waals surface area (Å²) in [6, 6.07) is 13.4. The number of nitrogens with one attached hydrogen (secondary N) is 1. The molecule has 0 radical (unpaired) electrons. The van der Waals surface area contributed by atoms with Crippen LogP contribution in [0.15, 0.2) is 54.7 Å². The Morgan fingerprint density at radius 1 is 1.15 bits per heavy atom. The molecule has 1 amide bonds. The highest BCUT2D eigenvalue weighted by Gasteiger charge is 2.16. The molecule has 0 fully saturated rings. The molecule has 0 aliphatic heterocycles. The number of aromatic nitrogens is 2. The normalized spacial score (nSPS) is 11.9. The predicted octanol–water partition coefficient (Wildman–Crippen LogP) is 3.88. The molecule has 1 aromatic heterocycles. The lowest BCUT2D eigenvalue weighted by molar-refractivity contribution is -0.123. The molecule has 0 bridgehead atoms. The van der Waals surface area contributed by atoms with Gasteiger partial charge in [0.05, 0.1) is 17.9 Å². The van der Waals surface area contributed by atoms with Crippen LogP contribution in [0.5, 0.6) is 5.75 Å². The van der Waals surface area contributed by atoms with Crippen LogP contribution in [0.3, 0.4) is 0 Å². The lowest BCUT2D eigenvalue weighted by atomic mass is 10.1. The first-order valence-corrected chi connectivity index (χ1v) is 8.73. The zero-order chi connectivity index (χ0) is 19.4. The average Bonchev–Trinajstić information content (AvgIpc) is 3.03. The van der Waals surface area contributed by atoms with Crippen LogP contribution in [-0.2, 0) is 4.79 Å². The molecule has 0 spiro atoms. The lowest BCUT2D eigenvalue weighted by Crippen LogP contribution is -2.31. The van der Waals surface area contributed by atoms with Crippen molar-refractivity contribution < 1.29 is 13.9 Å². The summed E-state index contributed by atoms with van der Waals surface area (Å²) >= 11 is 0. The number of carbonyl (C=O) groups is 1. The minimum Gasteiger partial charge on any atom is -0.484 e. The van der Waals surface area contributed by atoms with E-state index in [1.54, 1.807) is 23.0 Å². The van der Waals surface area contributed by atoms with Gasteiger partial charge in [0.2, 0.25) is 0 Å². The van der Waals surface area contributed by atoms with Gasteiger partial charge < -0.3 is 10.1 Å². The van der Waals surface area contributed by atoms with Crippen LogP contribution in [0.2, 0.25) is 0 Å². The summed E-state index contributed by atoms with van der Waals surface area (Å²) in [5.74, 6) is 0.152. The summed E-state index contributed by atoms with van der Waals surface area (Å²) in [6.45, 7) is 5.74. The molecule has 0 aliphatic carbocycles. The second-order valence-electron chi connectivity index (χ2n) is 6.46. The Bertz CT molecular complexity index is 918. The van der Waals surface area contributed by atoms with Crippen LogP contribution in [0.1, 0.15) is 29.8 Å². The largest absolute Gasteiger partial charge is 0.484 e. The van der Waals surface area contributed by atoms with E-state index < -0.39 is 0 Å². The van der Waals surface area contributed by atoms with Gasteiger partial charge >= 0.3 is 0 Å². The molecule has 1 heterocycles. The first-order chi connectivity index (χ1) is 12.9. The van der Waals surface area contributed by atoms with Crippen molar-refractivity contribution in [3.8, 4) is 11.4 Å². The maximum absolute atomic E-state index is 13.1. The Morgan fingerprint density at radius 3 is 2.48 bits per heavy atom. The Morgan fingerprint density at radius 2 is 1.81 bits per heavy atom. The van der Waals surface area contributed by atoms with E-state index in [0.717, 1.165) is 22.5 Å². The molecule has 2 aromatic carbocycles. The highest BCUT2D eigenvalue weighted by molar-refractivity contribution is 5.78. The standard InChI is InChI=1S/C21H22FN3O2/c1-14-4-10-19(11-5-14)27-13-21(26)24-15(2)20-12-23-25(16(20)3)18-8-6-17(22)7-9-18/h4-12,15H,13H2,1-3H3,(H,24,26). The number of ether oxygens (including phenoxy) is 1. The Labute approximate surface area is 157 Å². The van der Waals surface area contributed by atoms with Gasteiger partial charge in [0.15, 0.2) is 6.61 Å². The van der Waals surface area contributed by atoms with Gasteiger partial charge in [-0.05, 0) is 57.2 Å². The summed E-state index contributed by atoms with van der Waals surface area (Å²) in [5, 5.41) is 7.27. The molecule has 0 saturated carbocycles. The van der Waals surface area contributed by atoms with E-state index in [1.165, 1.54) is 12.1 Å². The molecule has 0 saturated heterocycles. The SMILES string of the molecule is Cc1ccc(OCC(=O)NC(C)c2cnn(-c3ccc(F)cc3)c2C)cc1. The smallest absolute Gasteiger partial charge is 0.258 e. The molecule has 27 heavy (non-hydrogen) atoms. The quantitative estimate of drug-likeness (QED) is 0.719. The lowest BCUT2D eigenvalue weighted by Gasteiger charge is -2.15. The van der Waals surface area contributed by atoms with E-state index in [1.807, 2.05) is 45.0 Å². The number of aryl methyl sites for hydroxylation is 1. The molecular formula is C21H22FN3O2. The number of hydrogen-bond acceptors (Lipinski definition) is 3. The van der Waals surface area contributed by atoms with Crippen LogP contribution in [0.25, 0.3) is 5.69 Å². The van der Waals surface area contributed by atoms with Crippen molar-refractivity contribution in [2.45, 2.75) is 26.8 Å². The number of rotatable bonds is 6. The van der Waals surface area contributed by atoms with Crippen molar-refractivity contribution in [1.29, 1.82) is 0 Å². The zero-order valence-electron chi connectivity index (χ0n) is 15.6. The zero-order valence-corrected chi connectivity index (χ0v) is 15.6. The molecule has 1 unspecified atom stereocenters. The molecule has 5 nitrogen and oxygen atoms in total. The van der Waals surface area contributed by atoms with Crippen LogP contribution < -0.4 is 10.1 Å². The second-order valence-corrected chi connectivity index (χ2v) is 6.46. The van der Waals surface area contributed by atoms with Crippen molar-refractivity contribution in [1.82, 2.24) is 15.1 Å². The monoisotopic (exact) mass is 367 g/mol. The predicted molar refractivity (Wildman–Crippen MR) is 101 cm³/mol. The van der Waals surface area contributed by atoms with Crippen LogP contribution in [0, 0.1) is 19.7 Å². The summed E-state index contributed by atoms with van der Waals surface area (Å²) in [4.78, 5) is 12.2. The van der Waals surface area contributed by atoms with E-state index in [0.29, 0.717) is 5.75 Å². The fourth-order valence-corrected chi connectivity index (χ4v) is 2.83. The van der Waals surface area contributed by atoms with Gasteiger partial charge in [-0.3, -0.25) is 4.79 Å². The first kappa shape index (κ1) is 18.6. The third-order valence-electron chi connectivity index (χ3n) is 4.35. The maximum atomic E-state index is 13.1. The van der Waals surface area contributed by atoms with E-state index in [9.17, 15) is 9.18 Å². The molecule has 1 N–H and O–H groups in total. The number of halogens is 1. The first-order valence-electron chi connectivity index (χ1n) is 8.73. The highest BCUT2D eigenvalue weighted by Crippen LogP contribution is 2.20. The molecule has 140 valence electrons. The molecular weight excluding hydrogens is 345 g/mol. The molecule has 0 aliphatic rings. The number of hydrogen-bond donors (Lipinski definition) is 1. The third kappa shape index (κ3) is 4.53. The number of amides is 1. The van der Waals surface area contributed by atoms with E-state index >= 15 is 0 Å². The van der Waals surface area contributed by atoms with Gasteiger partial charge in [-0.2, -0.15) is 5.10 Å². The van der Waals surface area contributed by atoms with E-state index in [2.05, 4.69) is 10.4 Å². The third-order valence-corrected chi connectivity index (χ3v) is 4.35. The van der Waals surface area contributed by atoms with Crippen LogP contribution >= 0.6 is 0 Å². The summed E-state index contributed by atoms with van der Waals surface area (Å²) < 4.78 is 20.3. The van der Waals surface area contributed by atoms with Crippen molar-refractivity contribution in [2.24, 2.45) is 0 Å². The van der Waals surface area contributed by atoms with Gasteiger partial charge in [-0.1, -0.05) is 17.7 Å². The maximum Gasteiger partial charge on any atom is 0.258 e. The minimum absolute atomic E-state index is 0.0570. The van der Waals surface area contributed by atoms with Gasteiger partial charge in [0.1, 0.15) is 11.6 Å². The minimum atomic E-state index is -0.294. The Hall–Kier alpha value is -3.15. The number of nitrogens with zero attached hydrogens (tertiary/aromatic N) is 2. The van der Waals surface area contributed by atoms with Crippen molar-refractivity contribution in [3.63, 3.8) is 0 Å². The van der Waals surface area contributed by atoms with Crippen LogP contribution in [-0.4, -0.2) is 22.3 Å². The van der Waals surface area contributed by atoms with Crippen molar-refractivity contribution in [3.05, 3.63) is 77.4 Å². The van der Waals surface area contributed by atoms with Gasteiger partial charge in [-0.15, -0.1) is 0 Å². The highest BCUT2D eigenvalue weighted by atomic mass is 19.1. The van der Waals surface area contributed by atoms with Gasteiger partial charge in [0, 0.05) is 11.3 Å². The summed E-state index contributed by atoms with van der Waals surface area (Å²) in [7, 11) is 0. The van der Waals surface area contributed by atoms with Gasteiger partial charge in [0.25, 0.3) is 5.91 Å². The Kier molecular flexibility index (Phi) is 5.54. The number of carbonyl (C=O) groups excluding carboxylic acids is 1. The fourth-order valence-electron chi connectivity index (χ4n) is 2.83. The molecule has 1 atom stereocenters. The van der Waals surface area contributed by atoms with E-state index in [-0.39, 0.29) is 24.4 Å². The number of benzene rings is 2.